The highest BCUT2D eigenvalue weighted by Crippen LogP contribution is 2.14. The molecule has 0 unspecified atom stereocenters. The van der Waals surface area contributed by atoms with E-state index in [1.807, 2.05) is 18.3 Å². The lowest BCUT2D eigenvalue weighted by Gasteiger charge is -2.12. The quantitative estimate of drug-likeness (QED) is 0.558. The molecule has 0 amide bonds. The first-order valence-electron chi connectivity index (χ1n) is 8.70. The van der Waals surface area contributed by atoms with Crippen molar-refractivity contribution < 1.29 is 4.74 Å². The van der Waals surface area contributed by atoms with Crippen LogP contribution in [0.15, 0.2) is 35.5 Å². The lowest BCUT2D eigenvalue weighted by Crippen LogP contribution is -2.36. The van der Waals surface area contributed by atoms with Gasteiger partial charge in [0.25, 0.3) is 0 Å². The molecule has 25 heavy (non-hydrogen) atoms. The average molecular weight is 361 g/mol. The first-order valence-corrected chi connectivity index (χ1v) is 9.52. The predicted octanol–water partition coefficient (Wildman–Crippen LogP) is 3.61. The molecule has 1 heterocycles. The normalized spacial score (nSPS) is 11.6. The summed E-state index contributed by atoms with van der Waals surface area (Å²) >= 11 is 1.74. The molecule has 6 heteroatoms. The van der Waals surface area contributed by atoms with Crippen molar-refractivity contribution in [1.82, 2.24) is 15.6 Å². The van der Waals surface area contributed by atoms with E-state index in [4.69, 9.17) is 4.74 Å². The Balaban J connectivity index is 1.78. The van der Waals surface area contributed by atoms with E-state index in [0.29, 0.717) is 19.0 Å². The Bertz CT molecular complexity index is 664. The molecule has 0 spiro atoms. The van der Waals surface area contributed by atoms with Gasteiger partial charge in [-0.3, -0.25) is 4.99 Å². The topological polar surface area (TPSA) is 58.5 Å². The van der Waals surface area contributed by atoms with Crippen LogP contribution < -0.4 is 15.4 Å². The molecular formula is C19H28N4OS. The number of aliphatic imine (C=N–C) groups is 1. The molecule has 0 saturated carbocycles. The molecule has 0 aliphatic carbocycles. The zero-order chi connectivity index (χ0) is 18.1. The van der Waals surface area contributed by atoms with E-state index in [0.717, 1.165) is 29.7 Å². The summed E-state index contributed by atoms with van der Waals surface area (Å²) in [7, 11) is 1.78. The number of benzene rings is 1. The van der Waals surface area contributed by atoms with Gasteiger partial charge in [-0.25, -0.2) is 4.98 Å². The van der Waals surface area contributed by atoms with Crippen molar-refractivity contribution in [2.75, 3.05) is 13.7 Å². The number of nitrogens with zero attached hydrogens (tertiary/aromatic N) is 2. The molecule has 0 saturated heterocycles. The molecule has 136 valence electrons. The molecule has 5 nitrogen and oxygen atoms in total. The van der Waals surface area contributed by atoms with Crippen LogP contribution in [0.1, 0.15) is 36.2 Å². The van der Waals surface area contributed by atoms with Crippen molar-refractivity contribution in [3.05, 3.63) is 45.9 Å². The lowest BCUT2D eigenvalue weighted by molar-refractivity contribution is 0.271. The third kappa shape index (κ3) is 6.74. The van der Waals surface area contributed by atoms with E-state index in [1.165, 1.54) is 10.4 Å². The Morgan fingerprint density at radius 2 is 1.92 bits per heavy atom. The SMILES string of the molecule is CCc1cnc(CNC(=NC)NCc2ccc(OCC(C)C)cc2)s1. The number of hydrogen-bond donors (Lipinski definition) is 2. The number of thiazole rings is 1. The van der Waals surface area contributed by atoms with Gasteiger partial charge in [0.2, 0.25) is 0 Å². The summed E-state index contributed by atoms with van der Waals surface area (Å²) in [6.07, 6.45) is 2.97. The monoisotopic (exact) mass is 360 g/mol. The van der Waals surface area contributed by atoms with Crippen LogP contribution in [0.2, 0.25) is 0 Å². The van der Waals surface area contributed by atoms with Gasteiger partial charge in [-0.1, -0.05) is 32.9 Å². The first kappa shape index (κ1) is 19.2. The smallest absolute Gasteiger partial charge is 0.191 e. The van der Waals surface area contributed by atoms with Crippen LogP contribution in [0.25, 0.3) is 0 Å². The third-order valence-corrected chi connectivity index (χ3v) is 4.69. The number of guanidine groups is 1. The van der Waals surface area contributed by atoms with Gasteiger partial charge in [0.15, 0.2) is 5.96 Å². The molecular weight excluding hydrogens is 332 g/mol. The first-order chi connectivity index (χ1) is 12.1. The van der Waals surface area contributed by atoms with Crippen LogP contribution in [0.3, 0.4) is 0 Å². The Hall–Kier alpha value is -2.08. The van der Waals surface area contributed by atoms with Crippen LogP contribution in [-0.2, 0) is 19.5 Å². The maximum Gasteiger partial charge on any atom is 0.191 e. The van der Waals surface area contributed by atoms with Gasteiger partial charge in [0.05, 0.1) is 13.2 Å². The minimum Gasteiger partial charge on any atom is -0.493 e. The van der Waals surface area contributed by atoms with Crippen molar-refractivity contribution in [2.24, 2.45) is 10.9 Å². The number of rotatable bonds is 8. The minimum absolute atomic E-state index is 0.530. The maximum absolute atomic E-state index is 5.71. The zero-order valence-corrected chi connectivity index (χ0v) is 16.3. The average Bonchev–Trinajstić information content (AvgIpc) is 3.09. The van der Waals surface area contributed by atoms with Crippen LogP contribution in [0.4, 0.5) is 0 Å². The summed E-state index contributed by atoms with van der Waals surface area (Å²) in [5.41, 5.74) is 1.18. The Kier molecular flexibility index (Phi) is 7.73. The standard InChI is InChI=1S/C19H28N4OS/c1-5-17-11-21-18(25-17)12-23-19(20-4)22-10-15-6-8-16(9-7-15)24-13-14(2)3/h6-9,11,14H,5,10,12-13H2,1-4H3,(H2,20,22,23). The number of aromatic nitrogens is 1. The molecule has 0 atom stereocenters. The van der Waals surface area contributed by atoms with Crippen molar-refractivity contribution in [3.63, 3.8) is 0 Å². The summed E-state index contributed by atoms with van der Waals surface area (Å²) in [6.45, 7) is 8.57. The van der Waals surface area contributed by atoms with Crippen molar-refractivity contribution in [2.45, 2.75) is 40.3 Å². The van der Waals surface area contributed by atoms with Gasteiger partial charge in [0, 0.05) is 24.7 Å². The number of hydrogen-bond acceptors (Lipinski definition) is 4. The molecule has 0 bridgehead atoms. The fraction of sp³-hybridized carbons (Fsp3) is 0.474. The van der Waals surface area contributed by atoms with E-state index in [1.54, 1.807) is 18.4 Å². The van der Waals surface area contributed by atoms with Crippen LogP contribution in [0, 0.1) is 5.92 Å². The fourth-order valence-electron chi connectivity index (χ4n) is 2.13. The molecule has 2 aromatic rings. The fourth-order valence-corrected chi connectivity index (χ4v) is 2.93. The van der Waals surface area contributed by atoms with E-state index < -0.39 is 0 Å². The highest BCUT2D eigenvalue weighted by atomic mass is 32.1. The minimum atomic E-state index is 0.530. The maximum atomic E-state index is 5.71. The van der Waals surface area contributed by atoms with Gasteiger partial charge >= 0.3 is 0 Å². The predicted molar refractivity (Wildman–Crippen MR) is 105 cm³/mol. The van der Waals surface area contributed by atoms with Crippen molar-refractivity contribution >= 4 is 17.3 Å². The second kappa shape index (κ2) is 10.0. The second-order valence-corrected chi connectivity index (χ2v) is 7.40. The van der Waals surface area contributed by atoms with Crippen molar-refractivity contribution in [1.29, 1.82) is 0 Å². The Morgan fingerprint density at radius 1 is 1.20 bits per heavy atom. The number of ether oxygens (including phenoxy) is 1. The molecule has 1 aromatic carbocycles. The molecule has 0 radical (unpaired) electrons. The Labute approximate surface area is 154 Å². The van der Waals surface area contributed by atoms with Crippen molar-refractivity contribution in [3.8, 4) is 5.75 Å². The van der Waals surface area contributed by atoms with E-state index in [9.17, 15) is 0 Å². The summed E-state index contributed by atoms with van der Waals surface area (Å²) in [5, 5.41) is 7.70. The van der Waals surface area contributed by atoms with Gasteiger partial charge in [-0.2, -0.15) is 0 Å². The zero-order valence-electron chi connectivity index (χ0n) is 15.5. The highest BCUT2D eigenvalue weighted by molar-refractivity contribution is 7.11. The van der Waals surface area contributed by atoms with Gasteiger partial charge in [0.1, 0.15) is 10.8 Å². The second-order valence-electron chi connectivity index (χ2n) is 6.20. The highest BCUT2D eigenvalue weighted by Gasteiger charge is 2.03. The molecule has 1 aromatic heterocycles. The van der Waals surface area contributed by atoms with Gasteiger partial charge in [-0.05, 0) is 30.0 Å². The summed E-state index contributed by atoms with van der Waals surface area (Å²) in [4.78, 5) is 9.97. The largest absolute Gasteiger partial charge is 0.493 e. The Morgan fingerprint density at radius 3 is 2.52 bits per heavy atom. The van der Waals surface area contributed by atoms with E-state index in [-0.39, 0.29) is 0 Å². The number of aryl methyl sites for hydroxylation is 1. The third-order valence-electron chi connectivity index (χ3n) is 3.55. The molecule has 0 aliphatic rings. The van der Waals surface area contributed by atoms with E-state index >= 15 is 0 Å². The molecule has 0 fully saturated rings. The molecule has 2 rings (SSSR count). The molecule has 2 N–H and O–H groups in total. The van der Waals surface area contributed by atoms with Crippen LogP contribution in [0.5, 0.6) is 5.75 Å². The van der Waals surface area contributed by atoms with Gasteiger partial charge in [-0.15, -0.1) is 11.3 Å². The summed E-state index contributed by atoms with van der Waals surface area (Å²) in [6, 6.07) is 8.17. The van der Waals surface area contributed by atoms with Crippen LogP contribution in [-0.4, -0.2) is 24.6 Å². The summed E-state index contributed by atoms with van der Waals surface area (Å²) < 4.78 is 5.71. The van der Waals surface area contributed by atoms with Crippen LogP contribution >= 0.6 is 11.3 Å². The van der Waals surface area contributed by atoms with E-state index in [2.05, 4.69) is 53.5 Å². The lowest BCUT2D eigenvalue weighted by atomic mass is 10.2. The summed E-state index contributed by atoms with van der Waals surface area (Å²) in [5.74, 6) is 2.21. The molecule has 0 aliphatic heterocycles. The number of nitrogens with one attached hydrogen (secondary N) is 2. The van der Waals surface area contributed by atoms with Gasteiger partial charge < -0.3 is 15.4 Å².